The number of ether oxygens (including phenoxy) is 2. The molecule has 1 aliphatic rings. The van der Waals surface area contributed by atoms with Gasteiger partial charge in [-0.05, 0) is 49.4 Å². The van der Waals surface area contributed by atoms with Crippen molar-refractivity contribution in [2.75, 3.05) is 32.8 Å². The summed E-state index contributed by atoms with van der Waals surface area (Å²) in [5.41, 5.74) is 0.205. The highest BCUT2D eigenvalue weighted by molar-refractivity contribution is 7.89. The highest BCUT2D eigenvalue weighted by Crippen LogP contribution is 2.22. The minimum absolute atomic E-state index is 0.104. The van der Waals surface area contributed by atoms with Crippen molar-refractivity contribution < 1.29 is 31.5 Å². The zero-order chi connectivity index (χ0) is 21.7. The Balaban J connectivity index is 1.64. The van der Waals surface area contributed by atoms with Crippen LogP contribution in [-0.2, 0) is 10.0 Å². The van der Waals surface area contributed by atoms with Crippen LogP contribution in [0.4, 0.5) is 8.78 Å². The second-order valence-electron chi connectivity index (χ2n) is 6.51. The molecule has 0 N–H and O–H groups in total. The lowest BCUT2D eigenvalue weighted by atomic mass is 10.1. The van der Waals surface area contributed by atoms with Gasteiger partial charge in [0.05, 0.1) is 11.5 Å². The topological polar surface area (TPSA) is 76.2 Å². The van der Waals surface area contributed by atoms with Crippen molar-refractivity contribution in [1.29, 1.82) is 0 Å². The lowest BCUT2D eigenvalue weighted by Gasteiger charge is -2.34. The molecule has 0 radical (unpaired) electrons. The summed E-state index contributed by atoms with van der Waals surface area (Å²) in [6, 6.07) is 11.7. The average molecular weight is 440 g/mol. The van der Waals surface area contributed by atoms with Crippen molar-refractivity contribution in [2.45, 2.75) is 18.4 Å². The van der Waals surface area contributed by atoms with Gasteiger partial charge in [0.15, 0.2) is 0 Å². The molecular weight excluding hydrogens is 418 g/mol. The van der Waals surface area contributed by atoms with Gasteiger partial charge in [0, 0.05) is 31.7 Å². The van der Waals surface area contributed by atoms with E-state index in [2.05, 4.69) is 4.74 Å². The van der Waals surface area contributed by atoms with Crippen LogP contribution in [0, 0.1) is 0 Å². The summed E-state index contributed by atoms with van der Waals surface area (Å²) in [7, 11) is -3.69. The quantitative estimate of drug-likeness (QED) is 0.662. The van der Waals surface area contributed by atoms with Crippen LogP contribution < -0.4 is 9.47 Å². The number of halogens is 2. The Hall–Kier alpha value is -2.72. The van der Waals surface area contributed by atoms with E-state index < -0.39 is 16.6 Å². The summed E-state index contributed by atoms with van der Waals surface area (Å²) < 4.78 is 61.4. The van der Waals surface area contributed by atoms with Crippen molar-refractivity contribution in [3.05, 3.63) is 54.1 Å². The molecular formula is C20H22F2N2O5S. The molecule has 1 fully saturated rings. The number of benzene rings is 2. The molecule has 0 bridgehead atoms. The highest BCUT2D eigenvalue weighted by atomic mass is 32.2. The number of nitrogens with zero attached hydrogens (tertiary/aromatic N) is 2. The number of amides is 1. The summed E-state index contributed by atoms with van der Waals surface area (Å²) in [6.07, 6.45) is 0. The number of alkyl halides is 2. The van der Waals surface area contributed by atoms with E-state index in [9.17, 15) is 22.0 Å². The fraction of sp³-hybridized carbons (Fsp3) is 0.350. The third-order valence-electron chi connectivity index (χ3n) is 4.60. The molecule has 1 heterocycles. The summed E-state index contributed by atoms with van der Waals surface area (Å²) in [6.45, 7) is -0.00784. The normalized spacial score (nSPS) is 15.3. The van der Waals surface area contributed by atoms with Crippen molar-refractivity contribution in [3.63, 3.8) is 0 Å². The summed E-state index contributed by atoms with van der Waals surface area (Å²) in [5.74, 6) is 0.116. The molecule has 30 heavy (non-hydrogen) atoms. The van der Waals surface area contributed by atoms with Gasteiger partial charge < -0.3 is 14.4 Å². The van der Waals surface area contributed by atoms with Gasteiger partial charge in [-0.3, -0.25) is 4.79 Å². The van der Waals surface area contributed by atoms with Crippen LogP contribution in [0.5, 0.6) is 11.5 Å². The Bertz CT molecular complexity index is 975. The molecule has 1 amide bonds. The Morgan fingerprint density at radius 1 is 1.03 bits per heavy atom. The van der Waals surface area contributed by atoms with E-state index in [0.717, 1.165) is 0 Å². The number of rotatable bonds is 7. The van der Waals surface area contributed by atoms with Crippen LogP contribution in [0.2, 0.25) is 0 Å². The predicted molar refractivity (Wildman–Crippen MR) is 105 cm³/mol. The van der Waals surface area contributed by atoms with E-state index in [1.807, 2.05) is 6.92 Å². The van der Waals surface area contributed by atoms with Gasteiger partial charge in [-0.1, -0.05) is 6.07 Å². The van der Waals surface area contributed by atoms with Gasteiger partial charge in [-0.15, -0.1) is 0 Å². The first-order valence-corrected chi connectivity index (χ1v) is 10.8. The molecule has 2 aromatic rings. The molecule has 0 atom stereocenters. The molecule has 10 heteroatoms. The summed E-state index contributed by atoms with van der Waals surface area (Å²) >= 11 is 0. The van der Waals surface area contributed by atoms with Crippen LogP contribution in [-0.4, -0.2) is 62.9 Å². The number of sulfonamides is 1. The molecule has 162 valence electrons. The molecule has 0 aromatic heterocycles. The molecule has 0 saturated carbocycles. The Kier molecular flexibility index (Phi) is 6.88. The van der Waals surface area contributed by atoms with E-state index in [1.54, 1.807) is 12.1 Å². The van der Waals surface area contributed by atoms with Gasteiger partial charge in [-0.2, -0.15) is 13.1 Å². The zero-order valence-corrected chi connectivity index (χ0v) is 17.1. The lowest BCUT2D eigenvalue weighted by Crippen LogP contribution is -2.50. The molecule has 7 nitrogen and oxygen atoms in total. The first-order chi connectivity index (χ1) is 14.3. The molecule has 1 saturated heterocycles. The van der Waals surface area contributed by atoms with Crippen molar-refractivity contribution >= 4 is 15.9 Å². The molecule has 0 aliphatic carbocycles. The van der Waals surface area contributed by atoms with Gasteiger partial charge in [-0.25, -0.2) is 8.42 Å². The smallest absolute Gasteiger partial charge is 0.387 e. The van der Waals surface area contributed by atoms with Crippen LogP contribution in [0.3, 0.4) is 0 Å². The van der Waals surface area contributed by atoms with Gasteiger partial charge >= 0.3 is 6.61 Å². The minimum atomic E-state index is -3.69. The third-order valence-corrected chi connectivity index (χ3v) is 6.52. The van der Waals surface area contributed by atoms with Crippen LogP contribution >= 0.6 is 0 Å². The predicted octanol–water partition coefficient (Wildman–Crippen LogP) is 2.83. The zero-order valence-electron chi connectivity index (χ0n) is 16.3. The maximum Gasteiger partial charge on any atom is 0.387 e. The van der Waals surface area contributed by atoms with E-state index in [0.29, 0.717) is 12.4 Å². The molecule has 2 aromatic carbocycles. The fourth-order valence-corrected chi connectivity index (χ4v) is 4.57. The van der Waals surface area contributed by atoms with Crippen LogP contribution in [0.15, 0.2) is 53.4 Å². The van der Waals surface area contributed by atoms with Crippen LogP contribution in [0.1, 0.15) is 17.3 Å². The maximum atomic E-state index is 12.8. The van der Waals surface area contributed by atoms with Gasteiger partial charge in [0.2, 0.25) is 10.0 Å². The molecule has 0 spiro atoms. The molecule has 1 aliphatic heterocycles. The highest BCUT2D eigenvalue weighted by Gasteiger charge is 2.30. The van der Waals surface area contributed by atoms with Crippen molar-refractivity contribution in [3.8, 4) is 11.5 Å². The van der Waals surface area contributed by atoms with Gasteiger partial charge in [0.25, 0.3) is 5.91 Å². The largest absolute Gasteiger partial charge is 0.494 e. The van der Waals surface area contributed by atoms with Crippen molar-refractivity contribution in [1.82, 2.24) is 9.21 Å². The number of carbonyl (C=O) groups excluding carboxylic acids is 1. The van der Waals surface area contributed by atoms with E-state index in [4.69, 9.17) is 4.74 Å². The number of piperazine rings is 1. The SMILES string of the molecule is CCOc1ccc(S(=O)(=O)N2CCN(C(=O)c3cccc(OC(F)F)c3)CC2)cc1. The summed E-state index contributed by atoms with van der Waals surface area (Å²) in [5, 5.41) is 0. The number of hydrogen-bond acceptors (Lipinski definition) is 5. The second-order valence-corrected chi connectivity index (χ2v) is 8.44. The molecule has 0 unspecified atom stereocenters. The number of carbonyl (C=O) groups is 1. The minimum Gasteiger partial charge on any atom is -0.494 e. The number of hydrogen-bond donors (Lipinski definition) is 0. The van der Waals surface area contributed by atoms with E-state index in [-0.39, 0.29) is 48.3 Å². The Morgan fingerprint density at radius 2 is 1.70 bits per heavy atom. The third kappa shape index (κ3) is 5.06. The summed E-state index contributed by atoms with van der Waals surface area (Å²) in [4.78, 5) is 14.3. The first kappa shape index (κ1) is 22.0. The first-order valence-electron chi connectivity index (χ1n) is 9.38. The average Bonchev–Trinajstić information content (AvgIpc) is 2.74. The second kappa shape index (κ2) is 9.40. The fourth-order valence-electron chi connectivity index (χ4n) is 3.14. The molecule has 3 rings (SSSR count). The lowest BCUT2D eigenvalue weighted by molar-refractivity contribution is -0.0499. The Labute approximate surface area is 173 Å². The van der Waals surface area contributed by atoms with Gasteiger partial charge in [0.1, 0.15) is 11.5 Å². The standard InChI is InChI=1S/C20H22F2N2O5S/c1-2-28-16-6-8-18(9-7-16)30(26,27)24-12-10-23(11-13-24)19(25)15-4-3-5-17(14-15)29-20(21)22/h3-9,14,20H,2,10-13H2,1H3. The monoisotopic (exact) mass is 440 g/mol. The maximum absolute atomic E-state index is 12.8. The van der Waals surface area contributed by atoms with Crippen LogP contribution in [0.25, 0.3) is 0 Å². The van der Waals surface area contributed by atoms with E-state index in [1.165, 1.54) is 45.6 Å². The Morgan fingerprint density at radius 3 is 2.30 bits per heavy atom. The van der Waals surface area contributed by atoms with Crippen molar-refractivity contribution in [2.24, 2.45) is 0 Å². The van der Waals surface area contributed by atoms with E-state index >= 15 is 0 Å².